The highest BCUT2D eigenvalue weighted by atomic mass is 35.5. The van der Waals surface area contributed by atoms with Crippen molar-refractivity contribution in [2.45, 2.75) is 32.0 Å². The van der Waals surface area contributed by atoms with E-state index in [9.17, 15) is 9.59 Å². The van der Waals surface area contributed by atoms with Gasteiger partial charge in [0.2, 0.25) is 5.88 Å². The fourth-order valence-electron chi connectivity index (χ4n) is 6.25. The molecule has 0 amide bonds. The Kier molecular flexibility index (Phi) is 9.89. The summed E-state index contributed by atoms with van der Waals surface area (Å²) in [7, 11) is 0. The summed E-state index contributed by atoms with van der Waals surface area (Å²) in [6.45, 7) is 10.0. The number of fused-ring (bicyclic) bond motifs is 7. The zero-order valence-electron chi connectivity index (χ0n) is 27.8. The maximum atomic E-state index is 12.6. The Morgan fingerprint density at radius 1 is 0.765 bits per heavy atom. The van der Waals surface area contributed by atoms with Crippen molar-refractivity contribution in [3.8, 4) is 51.4 Å². The number of benzene rings is 3. The Morgan fingerprint density at radius 2 is 1.35 bits per heavy atom. The second kappa shape index (κ2) is 15.0. The van der Waals surface area contributed by atoms with Crippen LogP contribution in [0.2, 0.25) is 5.15 Å². The molecule has 1 atom stereocenters. The maximum absolute atomic E-state index is 12.6. The topological polar surface area (TPSA) is 116 Å². The van der Waals surface area contributed by atoms with Gasteiger partial charge in [0.15, 0.2) is 17.6 Å². The lowest BCUT2D eigenvalue weighted by Crippen LogP contribution is -2.35. The number of hydrogen-bond acceptors (Lipinski definition) is 9. The zero-order chi connectivity index (χ0) is 35.3. The predicted molar refractivity (Wildman–Crippen MR) is 194 cm³/mol. The summed E-state index contributed by atoms with van der Waals surface area (Å²) in [5, 5.41) is 0.223. The number of ether oxygens (including phenoxy) is 5. The highest BCUT2D eigenvalue weighted by molar-refractivity contribution is 6.29. The molecule has 8 rings (SSSR count). The molecule has 51 heavy (non-hydrogen) atoms. The molecule has 260 valence electrons. The maximum Gasteiger partial charge on any atom is 0.351 e. The average Bonchev–Trinajstić information content (AvgIpc) is 3.15. The molecule has 12 heteroatoms. The van der Waals surface area contributed by atoms with Crippen molar-refractivity contribution in [1.82, 2.24) is 19.1 Å². The van der Waals surface area contributed by atoms with Crippen molar-refractivity contribution in [3.63, 3.8) is 0 Å². The second-order valence-corrected chi connectivity index (χ2v) is 12.3. The normalized spacial score (nSPS) is 14.6. The van der Waals surface area contributed by atoms with Crippen LogP contribution in [0.25, 0.3) is 22.5 Å². The van der Waals surface area contributed by atoms with Crippen LogP contribution in [0.1, 0.15) is 11.1 Å². The summed E-state index contributed by atoms with van der Waals surface area (Å²) in [4.78, 5) is 32.3. The smallest absolute Gasteiger partial charge is 0.351 e. The van der Waals surface area contributed by atoms with Gasteiger partial charge in [0, 0.05) is 36.3 Å². The van der Waals surface area contributed by atoms with Crippen LogP contribution < -0.4 is 35.1 Å². The monoisotopic (exact) mass is 706 g/mol. The van der Waals surface area contributed by atoms with Gasteiger partial charge in [-0.1, -0.05) is 49.0 Å². The highest BCUT2D eigenvalue weighted by Gasteiger charge is 2.24. The lowest BCUT2D eigenvalue weighted by molar-refractivity contribution is 0.0520. The second-order valence-electron chi connectivity index (χ2n) is 12.0. The molecule has 3 aliphatic heterocycles. The molecule has 1 unspecified atom stereocenters. The largest absolute Gasteiger partial charge is 0.490 e. The van der Waals surface area contributed by atoms with E-state index in [1.54, 1.807) is 33.4 Å². The lowest BCUT2D eigenvalue weighted by Gasteiger charge is -2.26. The lowest BCUT2D eigenvalue weighted by atomic mass is 9.97. The van der Waals surface area contributed by atoms with Crippen molar-refractivity contribution in [1.29, 1.82) is 0 Å². The van der Waals surface area contributed by atoms with Crippen molar-refractivity contribution in [2.75, 3.05) is 26.4 Å². The fourth-order valence-corrected chi connectivity index (χ4v) is 6.42. The summed E-state index contributed by atoms with van der Waals surface area (Å²) in [6.07, 6.45) is 4.65. The molecule has 0 fully saturated rings. The summed E-state index contributed by atoms with van der Waals surface area (Å²) in [5.41, 5.74) is 5.23. The summed E-state index contributed by atoms with van der Waals surface area (Å²) < 4.78 is 32.0. The molecule has 0 saturated heterocycles. The van der Waals surface area contributed by atoms with E-state index < -0.39 is 0 Å². The standard InChI is InChI=1S/C24H22N2O5.C15H13ClN2O2/c1-2-11-28-17-7-8-19-16(12-17)9-10-26-20(19)13-23(25-24(26)27)30-15-18-14-29-21-5-3-4-6-22(21)31-18;1-2-7-20-11-3-4-12-10(8-11)5-6-18-13(12)9-14(16)17-15(18)19/h2-8,12-13,18H,1,9-11,14-15H2;2-4,8-9H,1,5-7H2. The summed E-state index contributed by atoms with van der Waals surface area (Å²) in [6, 6.07) is 22.8. The predicted octanol–water partition coefficient (Wildman–Crippen LogP) is 5.93. The molecule has 0 aliphatic carbocycles. The van der Waals surface area contributed by atoms with Gasteiger partial charge in [0.05, 0.1) is 11.4 Å². The van der Waals surface area contributed by atoms with E-state index in [2.05, 4.69) is 23.1 Å². The van der Waals surface area contributed by atoms with Gasteiger partial charge in [-0.3, -0.25) is 9.13 Å². The van der Waals surface area contributed by atoms with Crippen molar-refractivity contribution in [2.24, 2.45) is 0 Å². The third kappa shape index (κ3) is 7.39. The van der Waals surface area contributed by atoms with Crippen LogP contribution in [0.5, 0.6) is 28.9 Å². The fraction of sp³-hybridized carbons (Fsp3) is 0.231. The van der Waals surface area contributed by atoms with Gasteiger partial charge in [0.1, 0.15) is 43.1 Å². The third-order valence-corrected chi connectivity index (χ3v) is 8.80. The van der Waals surface area contributed by atoms with Gasteiger partial charge in [-0.2, -0.15) is 9.97 Å². The third-order valence-electron chi connectivity index (χ3n) is 8.60. The van der Waals surface area contributed by atoms with Crippen LogP contribution in [0.15, 0.2) is 108 Å². The minimum atomic E-state index is -0.323. The SMILES string of the molecule is C=CCOc1ccc2c(c1)CCn1c-2cc(Cl)nc1=O.C=CCOc1ccc2c(c1)CCn1c-2cc(OCC2COc3ccccc3O2)nc1=O. The number of halogens is 1. The minimum Gasteiger partial charge on any atom is -0.490 e. The Balaban J connectivity index is 0.000000175. The molecule has 5 heterocycles. The number of nitrogens with zero attached hydrogens (tertiary/aromatic N) is 4. The van der Waals surface area contributed by atoms with Crippen molar-refractivity contribution in [3.05, 3.63) is 135 Å². The van der Waals surface area contributed by atoms with Crippen molar-refractivity contribution >= 4 is 11.6 Å². The first-order valence-corrected chi connectivity index (χ1v) is 16.9. The average molecular weight is 707 g/mol. The van der Waals surface area contributed by atoms with E-state index in [0.29, 0.717) is 38.7 Å². The van der Waals surface area contributed by atoms with Gasteiger partial charge in [-0.15, -0.1) is 0 Å². The van der Waals surface area contributed by atoms with Crippen LogP contribution in [0.3, 0.4) is 0 Å². The van der Waals surface area contributed by atoms with Gasteiger partial charge in [-0.05, 0) is 72.5 Å². The Bertz CT molecular complexity index is 2230. The number of hydrogen-bond donors (Lipinski definition) is 0. The molecular weight excluding hydrogens is 672 g/mol. The van der Waals surface area contributed by atoms with E-state index in [-0.39, 0.29) is 35.1 Å². The molecule has 3 aromatic carbocycles. The Morgan fingerprint density at radius 3 is 1.98 bits per heavy atom. The van der Waals surface area contributed by atoms with E-state index in [4.69, 9.17) is 35.3 Å². The first kappa shape index (κ1) is 33.7. The van der Waals surface area contributed by atoms with Crippen LogP contribution in [-0.2, 0) is 25.9 Å². The molecule has 11 nitrogen and oxygen atoms in total. The van der Waals surface area contributed by atoms with Crippen LogP contribution >= 0.6 is 11.6 Å². The minimum absolute atomic E-state index is 0.223. The van der Waals surface area contributed by atoms with Crippen LogP contribution in [0, 0.1) is 0 Å². The van der Waals surface area contributed by atoms with Crippen LogP contribution in [0.4, 0.5) is 0 Å². The molecule has 0 spiro atoms. The molecule has 0 saturated carbocycles. The van der Waals surface area contributed by atoms with Gasteiger partial charge >= 0.3 is 11.4 Å². The first-order valence-electron chi connectivity index (χ1n) is 16.5. The number of aryl methyl sites for hydroxylation is 2. The first-order chi connectivity index (χ1) is 24.9. The quantitative estimate of drug-likeness (QED) is 0.136. The van der Waals surface area contributed by atoms with E-state index in [0.717, 1.165) is 63.7 Å². The summed E-state index contributed by atoms with van der Waals surface area (Å²) >= 11 is 5.89. The highest BCUT2D eigenvalue weighted by Crippen LogP contribution is 2.34. The van der Waals surface area contributed by atoms with Crippen LogP contribution in [-0.4, -0.2) is 51.6 Å². The molecule has 5 aromatic rings. The van der Waals surface area contributed by atoms with Crippen molar-refractivity contribution < 1.29 is 23.7 Å². The molecular formula is C39H35ClN4O7. The molecule has 2 aromatic heterocycles. The van der Waals surface area contributed by atoms with Gasteiger partial charge < -0.3 is 23.7 Å². The molecule has 0 bridgehead atoms. The van der Waals surface area contributed by atoms with Gasteiger partial charge in [-0.25, -0.2) is 9.59 Å². The molecule has 0 radical (unpaired) electrons. The number of aromatic nitrogens is 4. The molecule has 0 N–H and O–H groups in total. The summed E-state index contributed by atoms with van der Waals surface area (Å²) in [5.74, 6) is 3.27. The number of para-hydroxylation sites is 2. The zero-order valence-corrected chi connectivity index (χ0v) is 28.5. The van der Waals surface area contributed by atoms with Gasteiger partial charge in [0.25, 0.3) is 0 Å². The Labute approximate surface area is 299 Å². The molecule has 3 aliphatic rings. The van der Waals surface area contributed by atoms with E-state index >= 15 is 0 Å². The van der Waals surface area contributed by atoms with E-state index in [1.807, 2.05) is 60.7 Å². The van der Waals surface area contributed by atoms with E-state index in [1.165, 1.54) is 0 Å². The number of rotatable bonds is 9. The Hall–Kier alpha value is -5.81.